The number of pyridine rings is 1. The Labute approximate surface area is 146 Å². The van der Waals surface area contributed by atoms with Crippen LogP contribution in [0.1, 0.15) is 31.6 Å². The lowest BCUT2D eigenvalue weighted by molar-refractivity contribution is -0.110. The number of carbonyl (C=O) groups is 1. The first kappa shape index (κ1) is 18.4. The van der Waals surface area contributed by atoms with Crippen LogP contribution in [0.2, 0.25) is 0 Å². The van der Waals surface area contributed by atoms with E-state index < -0.39 is 5.91 Å². The van der Waals surface area contributed by atoms with Crippen LogP contribution >= 0.6 is 11.6 Å². The van der Waals surface area contributed by atoms with E-state index in [2.05, 4.69) is 15.6 Å². The van der Waals surface area contributed by atoms with Gasteiger partial charge in [0.2, 0.25) is 0 Å². The molecule has 1 amide bonds. The van der Waals surface area contributed by atoms with Crippen molar-refractivity contribution < 1.29 is 9.53 Å². The monoisotopic (exact) mass is 351 g/mol. The minimum absolute atomic E-state index is 0.0133. The number of rotatable bonds is 6. The predicted molar refractivity (Wildman–Crippen MR) is 94.1 cm³/mol. The van der Waals surface area contributed by atoms with Crippen LogP contribution in [0.4, 0.5) is 5.69 Å². The Morgan fingerprint density at radius 1 is 1.58 bits per heavy atom. The molecule has 24 heavy (non-hydrogen) atoms. The summed E-state index contributed by atoms with van der Waals surface area (Å²) in [5.74, 6) is -0.621. The first-order valence-corrected chi connectivity index (χ1v) is 8.23. The van der Waals surface area contributed by atoms with Crippen molar-refractivity contribution >= 4 is 28.9 Å². The topological polar surface area (TPSA) is 113 Å². The van der Waals surface area contributed by atoms with Crippen LogP contribution in [0.15, 0.2) is 29.1 Å². The van der Waals surface area contributed by atoms with E-state index in [-0.39, 0.29) is 16.8 Å². The molecule has 0 spiro atoms. The molecule has 0 saturated carbocycles. The molecule has 1 atom stereocenters. The molecule has 0 unspecified atom stereocenters. The lowest BCUT2D eigenvalue weighted by atomic mass is 10.2. The summed E-state index contributed by atoms with van der Waals surface area (Å²) >= 11 is 5.98. The van der Waals surface area contributed by atoms with Gasteiger partial charge in [-0.15, -0.1) is 0 Å². The third-order valence-corrected chi connectivity index (χ3v) is 3.98. The Balaban J connectivity index is 1.99. The number of anilines is 1. The summed E-state index contributed by atoms with van der Waals surface area (Å²) in [5, 5.41) is 13.6. The molecule has 2 rings (SSSR count). The van der Waals surface area contributed by atoms with Crippen LogP contribution in [0.25, 0.3) is 0 Å². The first-order valence-electron chi connectivity index (χ1n) is 7.85. The number of nitrogens with two attached hydrogens (primary N) is 1. The fourth-order valence-electron chi connectivity index (χ4n) is 2.26. The van der Waals surface area contributed by atoms with E-state index in [4.69, 9.17) is 27.5 Å². The molecule has 0 bridgehead atoms. The van der Waals surface area contributed by atoms with Gasteiger partial charge in [-0.2, -0.15) is 0 Å². The zero-order valence-corrected chi connectivity index (χ0v) is 14.3. The van der Waals surface area contributed by atoms with Gasteiger partial charge in [-0.05, 0) is 18.6 Å². The normalized spacial score (nSPS) is 18.7. The van der Waals surface area contributed by atoms with Gasteiger partial charge in [-0.3, -0.25) is 15.2 Å². The van der Waals surface area contributed by atoms with Crippen LogP contribution in [-0.2, 0) is 9.53 Å². The van der Waals surface area contributed by atoms with E-state index in [0.29, 0.717) is 31.0 Å². The largest absolute Gasteiger partial charge is 0.401 e. The van der Waals surface area contributed by atoms with Crippen molar-refractivity contribution in [3.05, 3.63) is 34.8 Å². The van der Waals surface area contributed by atoms with Gasteiger partial charge < -0.3 is 21.1 Å². The number of nitrogens with zero attached hydrogens (tertiary/aromatic N) is 1. The fourth-order valence-corrected chi connectivity index (χ4v) is 2.44. The van der Waals surface area contributed by atoms with Gasteiger partial charge >= 0.3 is 0 Å². The average molecular weight is 352 g/mol. The van der Waals surface area contributed by atoms with E-state index in [9.17, 15) is 4.79 Å². The average Bonchev–Trinajstić information content (AvgIpc) is 2.62. The summed E-state index contributed by atoms with van der Waals surface area (Å²) in [7, 11) is 0. The molecule has 5 N–H and O–H groups in total. The third-order valence-electron chi connectivity index (χ3n) is 3.55. The molecule has 0 aromatic carbocycles. The van der Waals surface area contributed by atoms with Crippen LogP contribution in [0.3, 0.4) is 0 Å². The second kappa shape index (κ2) is 8.77. The summed E-state index contributed by atoms with van der Waals surface area (Å²) in [6.45, 7) is 4.13. The van der Waals surface area contributed by atoms with Crippen molar-refractivity contribution in [2.24, 2.45) is 5.73 Å². The van der Waals surface area contributed by atoms with E-state index in [1.807, 2.05) is 6.92 Å². The summed E-state index contributed by atoms with van der Waals surface area (Å²) in [6.07, 6.45) is 2.78. The molecule has 1 aromatic heterocycles. The molecule has 1 fully saturated rings. The number of halogens is 1. The summed E-state index contributed by atoms with van der Waals surface area (Å²) in [4.78, 5) is 16.4. The van der Waals surface area contributed by atoms with E-state index in [1.165, 1.54) is 6.20 Å². The fraction of sp³-hybridized carbons (Fsp3) is 0.438. The van der Waals surface area contributed by atoms with Crippen LogP contribution in [0, 0.1) is 5.41 Å². The lowest BCUT2D eigenvalue weighted by Crippen LogP contribution is -2.33. The minimum atomic E-state index is -0.621. The molecule has 0 radical (unpaired) electrons. The predicted octanol–water partition coefficient (Wildman–Crippen LogP) is 1.91. The van der Waals surface area contributed by atoms with Gasteiger partial charge in [0.25, 0.3) is 5.91 Å². The standard InChI is InChI=1S/C16H22ClN5O2/c1-2-3-11(18)14(17)15(19)16(23)22-10-4-5-12(21-8-10)13-9-20-6-7-24-13/h4-5,8,13,19-20H,2-3,6-7,9,18H2,1H3,(H,22,23)/b14-11+,19-15?/t13-/m0/s1. The summed E-state index contributed by atoms with van der Waals surface area (Å²) < 4.78 is 5.62. The second-order valence-corrected chi connectivity index (χ2v) is 5.83. The number of nitrogens with one attached hydrogen (secondary N) is 3. The van der Waals surface area contributed by atoms with E-state index >= 15 is 0 Å². The number of amides is 1. The van der Waals surface area contributed by atoms with E-state index in [0.717, 1.165) is 18.7 Å². The number of morpholine rings is 1. The van der Waals surface area contributed by atoms with Crippen molar-refractivity contribution in [3.8, 4) is 0 Å². The number of hydrogen-bond acceptors (Lipinski definition) is 6. The number of ether oxygens (including phenoxy) is 1. The smallest absolute Gasteiger partial charge is 0.275 e. The molecular formula is C16H22ClN5O2. The number of hydrogen-bond donors (Lipinski definition) is 4. The van der Waals surface area contributed by atoms with E-state index in [1.54, 1.807) is 12.1 Å². The maximum atomic E-state index is 12.1. The highest BCUT2D eigenvalue weighted by Crippen LogP contribution is 2.18. The van der Waals surface area contributed by atoms with Gasteiger partial charge in [0.15, 0.2) is 0 Å². The zero-order chi connectivity index (χ0) is 17.5. The molecule has 1 saturated heterocycles. The molecule has 2 heterocycles. The molecule has 130 valence electrons. The maximum absolute atomic E-state index is 12.1. The van der Waals surface area contributed by atoms with Crippen LogP contribution in [0.5, 0.6) is 0 Å². The zero-order valence-electron chi connectivity index (χ0n) is 13.6. The maximum Gasteiger partial charge on any atom is 0.275 e. The highest BCUT2D eigenvalue weighted by atomic mass is 35.5. The highest BCUT2D eigenvalue weighted by Gasteiger charge is 2.18. The Hall–Kier alpha value is -1.96. The van der Waals surface area contributed by atoms with Gasteiger partial charge in [0.1, 0.15) is 11.8 Å². The van der Waals surface area contributed by atoms with Crippen molar-refractivity contribution in [1.82, 2.24) is 10.3 Å². The van der Waals surface area contributed by atoms with Crippen molar-refractivity contribution in [3.63, 3.8) is 0 Å². The number of allylic oxidation sites excluding steroid dienone is 1. The lowest BCUT2D eigenvalue weighted by Gasteiger charge is -2.23. The minimum Gasteiger partial charge on any atom is -0.401 e. The van der Waals surface area contributed by atoms with Gasteiger partial charge in [0.05, 0.1) is 29.2 Å². The van der Waals surface area contributed by atoms with Crippen LogP contribution in [-0.4, -0.2) is 36.3 Å². The molecule has 1 aromatic rings. The quantitative estimate of drug-likeness (QED) is 0.585. The Morgan fingerprint density at radius 2 is 2.38 bits per heavy atom. The Morgan fingerprint density at radius 3 is 2.96 bits per heavy atom. The number of carbonyl (C=O) groups excluding carboxylic acids is 1. The van der Waals surface area contributed by atoms with Gasteiger partial charge in [-0.25, -0.2) is 0 Å². The molecule has 7 nitrogen and oxygen atoms in total. The number of aromatic nitrogens is 1. The SMILES string of the molecule is CCC/C(N)=C(\Cl)C(=N)C(=O)Nc1ccc([C@@H]2CNCCO2)nc1. The van der Waals surface area contributed by atoms with Crippen LogP contribution < -0.4 is 16.4 Å². The Bertz CT molecular complexity index is 624. The van der Waals surface area contributed by atoms with Gasteiger partial charge in [-0.1, -0.05) is 24.9 Å². The highest BCUT2D eigenvalue weighted by molar-refractivity contribution is 6.60. The molecular weight excluding hydrogens is 330 g/mol. The second-order valence-electron chi connectivity index (χ2n) is 5.45. The van der Waals surface area contributed by atoms with Gasteiger partial charge in [0, 0.05) is 18.8 Å². The first-order chi connectivity index (χ1) is 11.5. The Kier molecular flexibility index (Phi) is 6.72. The molecule has 1 aliphatic rings. The van der Waals surface area contributed by atoms with Crippen molar-refractivity contribution in [2.75, 3.05) is 25.0 Å². The summed E-state index contributed by atoms with van der Waals surface area (Å²) in [6, 6.07) is 3.51. The summed E-state index contributed by atoms with van der Waals surface area (Å²) in [5.41, 5.74) is 7.02. The van der Waals surface area contributed by atoms with Crippen molar-refractivity contribution in [1.29, 1.82) is 5.41 Å². The molecule has 0 aliphatic carbocycles. The van der Waals surface area contributed by atoms with Crippen molar-refractivity contribution in [2.45, 2.75) is 25.9 Å². The molecule has 1 aliphatic heterocycles. The third kappa shape index (κ3) is 4.77. The molecule has 8 heteroatoms.